The van der Waals surface area contributed by atoms with Crippen molar-refractivity contribution < 1.29 is 14.6 Å². The topological polar surface area (TPSA) is 68.5 Å². The molecule has 0 bridgehead atoms. The summed E-state index contributed by atoms with van der Waals surface area (Å²) in [6, 6.07) is 3.83. The van der Waals surface area contributed by atoms with Crippen molar-refractivity contribution >= 4 is 16.9 Å². The highest BCUT2D eigenvalue weighted by molar-refractivity contribution is 5.95. The molecule has 3 rings (SSSR count). The van der Waals surface area contributed by atoms with Gasteiger partial charge in [-0.1, -0.05) is 19.9 Å². The lowest BCUT2D eigenvalue weighted by molar-refractivity contribution is 0.0695. The average molecular weight is 301 g/mol. The number of fused-ring (bicyclic) bond motifs is 1. The quantitative estimate of drug-likeness (QED) is 0.941. The van der Waals surface area contributed by atoms with E-state index in [9.17, 15) is 14.7 Å². The van der Waals surface area contributed by atoms with Gasteiger partial charge in [0.25, 0.3) is 0 Å². The third kappa shape index (κ3) is 2.17. The highest BCUT2D eigenvalue weighted by Crippen LogP contribution is 2.41. The van der Waals surface area contributed by atoms with Crippen LogP contribution in [0.5, 0.6) is 5.75 Å². The molecule has 0 unspecified atom stereocenters. The van der Waals surface area contributed by atoms with Gasteiger partial charge in [0.15, 0.2) is 0 Å². The van der Waals surface area contributed by atoms with Crippen molar-refractivity contribution in [3.8, 4) is 5.75 Å². The fourth-order valence-electron chi connectivity index (χ4n) is 2.90. The van der Waals surface area contributed by atoms with Crippen LogP contribution in [0.25, 0.3) is 10.9 Å². The van der Waals surface area contributed by atoms with E-state index in [4.69, 9.17) is 4.74 Å². The first kappa shape index (κ1) is 14.6. The van der Waals surface area contributed by atoms with E-state index in [0.29, 0.717) is 16.7 Å². The molecule has 0 aliphatic heterocycles. The minimum absolute atomic E-state index is 0.182. The average Bonchev–Trinajstić information content (AvgIpc) is 3.30. The number of aromatic nitrogens is 1. The van der Waals surface area contributed by atoms with E-state index in [1.807, 2.05) is 10.6 Å². The van der Waals surface area contributed by atoms with Gasteiger partial charge in [0.1, 0.15) is 11.3 Å². The van der Waals surface area contributed by atoms with E-state index in [1.165, 1.54) is 6.20 Å². The van der Waals surface area contributed by atoms with Crippen molar-refractivity contribution in [1.29, 1.82) is 0 Å². The Labute approximate surface area is 128 Å². The van der Waals surface area contributed by atoms with Crippen molar-refractivity contribution in [2.24, 2.45) is 0 Å². The molecule has 0 atom stereocenters. The van der Waals surface area contributed by atoms with Crippen molar-refractivity contribution in [3.05, 3.63) is 39.7 Å². The van der Waals surface area contributed by atoms with Gasteiger partial charge < -0.3 is 14.4 Å². The van der Waals surface area contributed by atoms with Crippen LogP contribution in [-0.4, -0.2) is 22.8 Å². The number of ether oxygens (including phenoxy) is 1. The molecular weight excluding hydrogens is 282 g/mol. The zero-order valence-electron chi connectivity index (χ0n) is 12.9. The molecule has 2 aromatic rings. The van der Waals surface area contributed by atoms with Gasteiger partial charge >= 0.3 is 5.97 Å². The van der Waals surface area contributed by atoms with Gasteiger partial charge in [0.2, 0.25) is 5.43 Å². The van der Waals surface area contributed by atoms with Gasteiger partial charge in [0.05, 0.1) is 18.0 Å². The van der Waals surface area contributed by atoms with E-state index >= 15 is 0 Å². The molecule has 0 saturated heterocycles. The molecule has 0 radical (unpaired) electrons. The molecule has 5 nitrogen and oxygen atoms in total. The van der Waals surface area contributed by atoms with Crippen LogP contribution in [0.15, 0.2) is 23.1 Å². The number of carboxylic acids is 1. The summed E-state index contributed by atoms with van der Waals surface area (Å²) in [5.41, 5.74) is 1.10. The van der Waals surface area contributed by atoms with Crippen LogP contribution in [-0.2, 0) is 0 Å². The molecular formula is C17H19NO4. The van der Waals surface area contributed by atoms with Crippen molar-refractivity contribution in [3.63, 3.8) is 0 Å². The van der Waals surface area contributed by atoms with Crippen LogP contribution < -0.4 is 10.2 Å². The number of carboxylic acid groups (broad SMARTS) is 1. The van der Waals surface area contributed by atoms with Gasteiger partial charge in [-0.05, 0) is 30.4 Å². The Hall–Kier alpha value is -2.30. The van der Waals surface area contributed by atoms with Crippen LogP contribution in [0, 0.1) is 0 Å². The summed E-state index contributed by atoms with van der Waals surface area (Å²) in [6.07, 6.45) is 3.45. The van der Waals surface area contributed by atoms with E-state index in [-0.39, 0.29) is 17.5 Å². The van der Waals surface area contributed by atoms with Crippen molar-refractivity contribution in [1.82, 2.24) is 4.57 Å². The third-order valence-corrected chi connectivity index (χ3v) is 4.17. The molecule has 1 N–H and O–H groups in total. The summed E-state index contributed by atoms with van der Waals surface area (Å²) in [5, 5.41) is 9.69. The highest BCUT2D eigenvalue weighted by Gasteiger charge is 2.29. The SMILES string of the molecule is COc1c(C(C)C)ccc2c(=O)c(C(=O)O)cn(C3CC3)c12. The molecule has 0 spiro atoms. The molecule has 1 aromatic carbocycles. The van der Waals surface area contributed by atoms with Crippen molar-refractivity contribution in [2.75, 3.05) is 7.11 Å². The number of rotatable bonds is 4. The lowest BCUT2D eigenvalue weighted by Crippen LogP contribution is -2.19. The largest absolute Gasteiger partial charge is 0.494 e. The van der Waals surface area contributed by atoms with Crippen LogP contribution in [0.2, 0.25) is 0 Å². The molecule has 1 fully saturated rings. The van der Waals surface area contributed by atoms with Gasteiger partial charge in [-0.15, -0.1) is 0 Å². The molecule has 0 amide bonds. The summed E-state index contributed by atoms with van der Waals surface area (Å²) in [5.74, 6) is -0.261. The van der Waals surface area contributed by atoms with E-state index in [0.717, 1.165) is 18.4 Å². The minimum Gasteiger partial charge on any atom is -0.494 e. The Morgan fingerprint density at radius 2 is 2.05 bits per heavy atom. The normalized spacial score (nSPS) is 14.5. The molecule has 116 valence electrons. The standard InChI is InChI=1S/C17H19NO4/c1-9(2)11-6-7-12-14(16(11)22-3)18(10-4-5-10)8-13(15(12)19)17(20)21/h6-10H,4-5H2,1-3H3,(H,20,21). The zero-order chi connectivity index (χ0) is 16.0. The first-order valence-electron chi connectivity index (χ1n) is 7.44. The molecule has 1 aliphatic rings. The van der Waals surface area contributed by atoms with E-state index in [1.54, 1.807) is 13.2 Å². The van der Waals surface area contributed by atoms with Gasteiger partial charge in [-0.2, -0.15) is 0 Å². The molecule has 5 heteroatoms. The predicted molar refractivity (Wildman–Crippen MR) is 84.1 cm³/mol. The number of aromatic carboxylic acids is 1. The second kappa shape index (κ2) is 5.16. The van der Waals surface area contributed by atoms with E-state index in [2.05, 4.69) is 13.8 Å². The maximum Gasteiger partial charge on any atom is 0.341 e. The fourth-order valence-corrected chi connectivity index (χ4v) is 2.90. The summed E-state index contributed by atoms with van der Waals surface area (Å²) in [6.45, 7) is 4.13. The summed E-state index contributed by atoms with van der Waals surface area (Å²) in [7, 11) is 1.59. The number of methoxy groups -OCH3 is 1. The lowest BCUT2D eigenvalue weighted by atomic mass is 9.98. The smallest absolute Gasteiger partial charge is 0.341 e. The Morgan fingerprint density at radius 3 is 2.55 bits per heavy atom. The minimum atomic E-state index is -1.19. The fraction of sp³-hybridized carbons (Fsp3) is 0.412. The first-order chi connectivity index (χ1) is 10.5. The highest BCUT2D eigenvalue weighted by atomic mass is 16.5. The van der Waals surface area contributed by atoms with E-state index < -0.39 is 11.4 Å². The van der Waals surface area contributed by atoms with Crippen LogP contribution >= 0.6 is 0 Å². The molecule has 1 heterocycles. The molecule has 1 aliphatic carbocycles. The maximum atomic E-state index is 12.5. The number of carbonyl (C=O) groups is 1. The Balaban J connectivity index is 2.46. The van der Waals surface area contributed by atoms with Gasteiger partial charge in [-0.3, -0.25) is 4.79 Å². The molecule has 1 aromatic heterocycles. The number of benzene rings is 1. The second-order valence-electron chi connectivity index (χ2n) is 6.05. The zero-order valence-corrected chi connectivity index (χ0v) is 12.9. The molecule has 22 heavy (non-hydrogen) atoms. The maximum absolute atomic E-state index is 12.5. The predicted octanol–water partition coefficient (Wildman–Crippen LogP) is 3.17. The summed E-state index contributed by atoms with van der Waals surface area (Å²) in [4.78, 5) is 23.8. The Bertz CT molecular complexity index is 815. The Kier molecular flexibility index (Phi) is 3.43. The lowest BCUT2D eigenvalue weighted by Gasteiger charge is -2.18. The van der Waals surface area contributed by atoms with Crippen molar-refractivity contribution in [2.45, 2.75) is 38.6 Å². The monoisotopic (exact) mass is 301 g/mol. The van der Waals surface area contributed by atoms with Crippen LogP contribution in [0.3, 0.4) is 0 Å². The van der Waals surface area contributed by atoms with Crippen LogP contribution in [0.4, 0.5) is 0 Å². The first-order valence-corrected chi connectivity index (χ1v) is 7.44. The number of hydrogen-bond donors (Lipinski definition) is 1. The number of nitrogens with zero attached hydrogens (tertiary/aromatic N) is 1. The van der Waals surface area contributed by atoms with Gasteiger partial charge in [-0.25, -0.2) is 4.79 Å². The Morgan fingerprint density at radius 1 is 1.36 bits per heavy atom. The number of hydrogen-bond acceptors (Lipinski definition) is 3. The summed E-state index contributed by atoms with van der Waals surface area (Å²) < 4.78 is 7.49. The molecule has 1 saturated carbocycles. The second-order valence-corrected chi connectivity index (χ2v) is 6.05. The summed E-state index contributed by atoms with van der Waals surface area (Å²) >= 11 is 0. The van der Waals surface area contributed by atoms with Crippen LogP contribution in [0.1, 0.15) is 54.6 Å². The number of pyridine rings is 1. The van der Waals surface area contributed by atoms with Gasteiger partial charge in [0, 0.05) is 12.2 Å². The third-order valence-electron chi connectivity index (χ3n) is 4.17.